The number of carbonyl (C=O) groups is 4. The van der Waals surface area contributed by atoms with Gasteiger partial charge < -0.3 is 18.9 Å². The van der Waals surface area contributed by atoms with E-state index in [1.54, 1.807) is 48.5 Å². The molecule has 4 heterocycles. The summed E-state index contributed by atoms with van der Waals surface area (Å²) in [6, 6.07) is 16.5. The maximum absolute atomic E-state index is 14.0. The third-order valence-electron chi connectivity index (χ3n) is 6.85. The van der Waals surface area contributed by atoms with Gasteiger partial charge in [-0.2, -0.15) is 0 Å². The Bertz CT molecular complexity index is 1100. The van der Waals surface area contributed by atoms with E-state index in [0.717, 1.165) is 19.6 Å². The number of rotatable bonds is 6. The maximum Gasteiger partial charge on any atom is 0.359 e. The van der Waals surface area contributed by atoms with Crippen molar-refractivity contribution in [1.82, 2.24) is 19.6 Å². The number of esters is 2. The van der Waals surface area contributed by atoms with Gasteiger partial charge in [-0.1, -0.05) is 60.7 Å². The van der Waals surface area contributed by atoms with Crippen molar-refractivity contribution in [2.45, 2.75) is 24.5 Å². The molecular formula is C24H22N4O8. The highest BCUT2D eigenvalue weighted by atomic mass is 16.6. The Balaban J connectivity index is 1.44. The molecule has 0 spiro atoms. The average Bonchev–Trinajstić information content (AvgIpc) is 3.32. The summed E-state index contributed by atoms with van der Waals surface area (Å²) in [5, 5.41) is 0. The summed E-state index contributed by atoms with van der Waals surface area (Å²) < 4.78 is 22.3. The van der Waals surface area contributed by atoms with Crippen LogP contribution in [0.4, 0.5) is 9.59 Å². The molecule has 0 unspecified atom stereocenters. The molecule has 0 atom stereocenters. The van der Waals surface area contributed by atoms with E-state index in [1.165, 1.54) is 0 Å². The quantitative estimate of drug-likeness (QED) is 0.551. The Kier molecular flexibility index (Phi) is 5.09. The Morgan fingerprint density at radius 3 is 1.31 bits per heavy atom. The van der Waals surface area contributed by atoms with Gasteiger partial charge in [-0.15, -0.1) is 0 Å². The van der Waals surface area contributed by atoms with Crippen LogP contribution in [-0.4, -0.2) is 81.8 Å². The molecule has 12 nitrogen and oxygen atoms in total. The van der Waals surface area contributed by atoms with Gasteiger partial charge in [0.05, 0.1) is 0 Å². The first-order chi connectivity index (χ1) is 17.5. The second-order valence-electron chi connectivity index (χ2n) is 8.67. The second kappa shape index (κ2) is 8.21. The first-order valence-corrected chi connectivity index (χ1v) is 11.3. The number of ether oxygens (including phenoxy) is 4. The number of benzene rings is 2. The molecule has 0 N–H and O–H groups in total. The van der Waals surface area contributed by atoms with E-state index in [-0.39, 0.29) is 40.1 Å². The van der Waals surface area contributed by atoms with Gasteiger partial charge in [0.15, 0.2) is 0 Å². The molecule has 4 aliphatic heterocycles. The molecule has 2 aromatic rings. The van der Waals surface area contributed by atoms with Crippen LogP contribution in [-0.2, 0) is 41.8 Å². The molecule has 0 aromatic heterocycles. The molecule has 12 heteroatoms. The summed E-state index contributed by atoms with van der Waals surface area (Å²) in [7, 11) is 0. The fourth-order valence-corrected chi connectivity index (χ4v) is 5.30. The lowest BCUT2D eigenvalue weighted by molar-refractivity contribution is -0.229. The van der Waals surface area contributed by atoms with Gasteiger partial charge >= 0.3 is 24.0 Å². The van der Waals surface area contributed by atoms with E-state index in [1.807, 2.05) is 12.1 Å². The predicted octanol–water partition coefficient (Wildman–Crippen LogP) is 1.23. The summed E-state index contributed by atoms with van der Waals surface area (Å²) >= 11 is 0. The zero-order valence-electron chi connectivity index (χ0n) is 19.1. The van der Waals surface area contributed by atoms with Crippen LogP contribution in [0.25, 0.3) is 0 Å². The van der Waals surface area contributed by atoms with Crippen molar-refractivity contribution in [3.05, 3.63) is 71.8 Å². The number of hydrogen-bond acceptors (Lipinski definition) is 8. The van der Waals surface area contributed by atoms with Gasteiger partial charge in [0, 0.05) is 0 Å². The molecule has 0 radical (unpaired) electrons. The van der Waals surface area contributed by atoms with Crippen LogP contribution >= 0.6 is 0 Å². The zero-order valence-corrected chi connectivity index (χ0v) is 19.1. The van der Waals surface area contributed by atoms with E-state index in [0.29, 0.717) is 11.1 Å². The monoisotopic (exact) mass is 494 g/mol. The van der Waals surface area contributed by atoms with Crippen LogP contribution in [0.3, 0.4) is 0 Å². The van der Waals surface area contributed by atoms with E-state index in [2.05, 4.69) is 0 Å². The molecule has 4 fully saturated rings. The number of amides is 4. The molecule has 0 bridgehead atoms. The number of nitrogens with zero attached hydrogens (tertiary/aromatic N) is 4. The second-order valence-corrected chi connectivity index (χ2v) is 8.67. The van der Waals surface area contributed by atoms with Crippen molar-refractivity contribution in [1.29, 1.82) is 0 Å². The number of carbonyl (C=O) groups excluding carboxylic acids is 4. The van der Waals surface area contributed by atoms with Crippen molar-refractivity contribution >= 4 is 24.0 Å². The Hall–Kier alpha value is -4.16. The van der Waals surface area contributed by atoms with E-state index >= 15 is 0 Å². The number of hydrogen-bond donors (Lipinski definition) is 0. The molecule has 0 aliphatic carbocycles. The average molecular weight is 494 g/mol. The zero-order chi connectivity index (χ0) is 24.9. The first kappa shape index (κ1) is 22.3. The third kappa shape index (κ3) is 2.76. The standard InChI is InChI=1S/C24H22N4O8/c29-19(35-11-17-7-3-1-4-8-17)23-24(20(30)36-12-18-9-5-2-6-10-18)27-15-34-16-28(24)22(32)26(23)14-33-13-25(23)21(27)31/h1-10H,11-16H2. The van der Waals surface area contributed by atoms with E-state index < -0.39 is 35.3 Å². The lowest BCUT2D eigenvalue weighted by Crippen LogP contribution is -2.78. The molecule has 4 amide bonds. The van der Waals surface area contributed by atoms with Crippen molar-refractivity contribution in [2.24, 2.45) is 0 Å². The fourth-order valence-electron chi connectivity index (χ4n) is 5.30. The molecule has 6 rings (SSSR count). The molecule has 4 aliphatic rings. The van der Waals surface area contributed by atoms with Crippen molar-refractivity contribution in [2.75, 3.05) is 26.9 Å². The summed E-state index contributed by atoms with van der Waals surface area (Å²) in [6.45, 7) is -1.58. The van der Waals surface area contributed by atoms with Gasteiger partial charge in [-0.3, -0.25) is 19.6 Å². The normalized spacial score (nSPS) is 26.2. The van der Waals surface area contributed by atoms with E-state index in [4.69, 9.17) is 18.9 Å². The van der Waals surface area contributed by atoms with Gasteiger partial charge in [-0.25, -0.2) is 19.2 Å². The number of urea groups is 2. The SMILES string of the molecule is O=C1N2COCN3C(=O)N4COCN1C4(C(=O)OCc1ccccc1)C23C(=O)OCc1ccccc1. The first-order valence-electron chi connectivity index (χ1n) is 11.3. The van der Waals surface area contributed by atoms with Crippen molar-refractivity contribution < 1.29 is 38.1 Å². The molecular weight excluding hydrogens is 472 g/mol. The largest absolute Gasteiger partial charge is 0.458 e. The van der Waals surface area contributed by atoms with Crippen LogP contribution in [0.1, 0.15) is 11.1 Å². The van der Waals surface area contributed by atoms with Crippen molar-refractivity contribution in [3.63, 3.8) is 0 Å². The molecule has 0 saturated carbocycles. The summed E-state index contributed by atoms with van der Waals surface area (Å²) in [5.74, 6) is -1.89. The Labute approximate surface area is 205 Å². The van der Waals surface area contributed by atoms with Gasteiger partial charge in [0.25, 0.3) is 11.3 Å². The smallest absolute Gasteiger partial charge is 0.359 e. The van der Waals surface area contributed by atoms with Gasteiger partial charge in [0.1, 0.15) is 40.1 Å². The van der Waals surface area contributed by atoms with E-state index in [9.17, 15) is 19.2 Å². The summed E-state index contributed by atoms with van der Waals surface area (Å²) in [5.41, 5.74) is -2.93. The fraction of sp³-hybridized carbons (Fsp3) is 0.333. The third-order valence-corrected chi connectivity index (χ3v) is 6.85. The maximum atomic E-state index is 14.0. The van der Waals surface area contributed by atoms with Crippen LogP contribution in [0.2, 0.25) is 0 Å². The van der Waals surface area contributed by atoms with Crippen LogP contribution in [0, 0.1) is 0 Å². The lowest BCUT2D eigenvalue weighted by atomic mass is 9.90. The topological polar surface area (TPSA) is 118 Å². The molecule has 4 saturated heterocycles. The molecule has 2 aromatic carbocycles. The highest BCUT2D eigenvalue weighted by molar-refractivity contribution is 6.09. The molecule has 186 valence electrons. The summed E-state index contributed by atoms with van der Waals surface area (Å²) in [6.07, 6.45) is 0. The van der Waals surface area contributed by atoms with Gasteiger partial charge in [-0.05, 0) is 11.1 Å². The summed E-state index contributed by atoms with van der Waals surface area (Å²) in [4.78, 5) is 59.2. The highest BCUT2D eigenvalue weighted by Crippen LogP contribution is 2.55. The lowest BCUT2D eigenvalue weighted by Gasteiger charge is -2.47. The minimum Gasteiger partial charge on any atom is -0.458 e. The minimum absolute atomic E-state index is 0.127. The van der Waals surface area contributed by atoms with Crippen LogP contribution < -0.4 is 0 Å². The van der Waals surface area contributed by atoms with Crippen LogP contribution in [0.5, 0.6) is 0 Å². The Morgan fingerprint density at radius 1 is 0.639 bits per heavy atom. The highest BCUT2D eigenvalue weighted by Gasteiger charge is 2.88. The van der Waals surface area contributed by atoms with Gasteiger partial charge in [0.2, 0.25) is 0 Å². The van der Waals surface area contributed by atoms with Crippen LogP contribution in [0.15, 0.2) is 60.7 Å². The predicted molar refractivity (Wildman–Crippen MR) is 118 cm³/mol. The Morgan fingerprint density at radius 2 is 0.972 bits per heavy atom. The molecule has 36 heavy (non-hydrogen) atoms. The van der Waals surface area contributed by atoms with Crippen molar-refractivity contribution in [3.8, 4) is 0 Å². The minimum atomic E-state index is -2.16.